The maximum Gasteiger partial charge on any atom is 0.252 e. The number of rotatable bonds is 6. The normalized spacial score (nSPS) is 17.7. The molecular formula is C15H23N3O4S. The molecule has 0 aliphatic carbocycles. The summed E-state index contributed by atoms with van der Waals surface area (Å²) < 4.78 is 32.6. The number of ether oxygens (including phenoxy) is 1. The molecule has 1 saturated heterocycles. The summed E-state index contributed by atoms with van der Waals surface area (Å²) in [6.45, 7) is 4.19. The van der Waals surface area contributed by atoms with Crippen LogP contribution in [0.25, 0.3) is 0 Å². The van der Waals surface area contributed by atoms with Gasteiger partial charge in [-0.25, -0.2) is 13.1 Å². The van der Waals surface area contributed by atoms with E-state index in [1.165, 1.54) is 25.3 Å². The van der Waals surface area contributed by atoms with Crippen LogP contribution in [-0.4, -0.2) is 41.1 Å². The van der Waals surface area contributed by atoms with Crippen molar-refractivity contribution in [2.45, 2.75) is 24.7 Å². The van der Waals surface area contributed by atoms with E-state index < -0.39 is 15.9 Å². The van der Waals surface area contributed by atoms with Crippen molar-refractivity contribution in [2.75, 3.05) is 26.7 Å². The lowest BCUT2D eigenvalue weighted by Gasteiger charge is -2.34. The summed E-state index contributed by atoms with van der Waals surface area (Å²) in [7, 11) is -2.32. The van der Waals surface area contributed by atoms with Crippen LogP contribution in [-0.2, 0) is 10.0 Å². The summed E-state index contributed by atoms with van der Waals surface area (Å²) in [6, 6.07) is 4.08. The third-order valence-corrected chi connectivity index (χ3v) is 5.65. The molecule has 128 valence electrons. The number of amides is 1. The molecule has 1 aliphatic rings. The van der Waals surface area contributed by atoms with E-state index in [1.54, 1.807) is 0 Å². The zero-order valence-electron chi connectivity index (χ0n) is 13.4. The molecule has 4 N–H and O–H groups in total. The number of piperidine rings is 1. The molecule has 1 aliphatic heterocycles. The summed E-state index contributed by atoms with van der Waals surface area (Å²) in [5, 5.41) is 3.26. The second-order valence-corrected chi connectivity index (χ2v) is 7.88. The average Bonchev–Trinajstić information content (AvgIpc) is 2.53. The molecule has 1 aromatic rings. The van der Waals surface area contributed by atoms with Gasteiger partial charge in [-0.3, -0.25) is 4.79 Å². The van der Waals surface area contributed by atoms with E-state index in [1.807, 2.05) is 0 Å². The molecule has 8 heteroatoms. The van der Waals surface area contributed by atoms with Crippen molar-refractivity contribution in [3.63, 3.8) is 0 Å². The van der Waals surface area contributed by atoms with Crippen LogP contribution in [0.4, 0.5) is 0 Å². The van der Waals surface area contributed by atoms with Gasteiger partial charge in [0.2, 0.25) is 10.0 Å². The summed E-state index contributed by atoms with van der Waals surface area (Å²) >= 11 is 0. The molecule has 0 atom stereocenters. The van der Waals surface area contributed by atoms with Gasteiger partial charge in [-0.05, 0) is 49.5 Å². The van der Waals surface area contributed by atoms with Crippen molar-refractivity contribution in [1.82, 2.24) is 10.0 Å². The van der Waals surface area contributed by atoms with E-state index >= 15 is 0 Å². The van der Waals surface area contributed by atoms with Crippen molar-refractivity contribution in [3.05, 3.63) is 23.8 Å². The molecule has 0 radical (unpaired) electrons. The first kappa shape index (κ1) is 17.7. The molecule has 1 fully saturated rings. The van der Waals surface area contributed by atoms with Gasteiger partial charge in [0.05, 0.1) is 17.6 Å². The predicted molar refractivity (Wildman–Crippen MR) is 86.9 cm³/mol. The molecule has 1 amide bonds. The van der Waals surface area contributed by atoms with Crippen molar-refractivity contribution in [2.24, 2.45) is 11.1 Å². The molecular weight excluding hydrogens is 318 g/mol. The molecule has 0 aromatic heterocycles. The van der Waals surface area contributed by atoms with E-state index in [9.17, 15) is 13.2 Å². The zero-order chi connectivity index (χ0) is 17.1. The van der Waals surface area contributed by atoms with Crippen LogP contribution in [0.3, 0.4) is 0 Å². The van der Waals surface area contributed by atoms with Crippen LogP contribution in [0.5, 0.6) is 5.75 Å². The maximum atomic E-state index is 12.5. The van der Waals surface area contributed by atoms with Crippen LogP contribution in [0, 0.1) is 5.41 Å². The van der Waals surface area contributed by atoms with E-state index in [0.29, 0.717) is 6.54 Å². The lowest BCUT2D eigenvalue weighted by Crippen LogP contribution is -2.42. The molecule has 1 aromatic carbocycles. The lowest BCUT2D eigenvalue weighted by molar-refractivity contribution is 0.0997. The third kappa shape index (κ3) is 4.21. The van der Waals surface area contributed by atoms with Gasteiger partial charge in [0, 0.05) is 6.54 Å². The van der Waals surface area contributed by atoms with Gasteiger partial charge < -0.3 is 15.8 Å². The topological polar surface area (TPSA) is 111 Å². The Morgan fingerprint density at radius 1 is 1.39 bits per heavy atom. The minimum Gasteiger partial charge on any atom is -0.496 e. The Morgan fingerprint density at radius 2 is 2.04 bits per heavy atom. The van der Waals surface area contributed by atoms with Crippen molar-refractivity contribution >= 4 is 15.9 Å². The fraction of sp³-hybridized carbons (Fsp3) is 0.533. The fourth-order valence-corrected chi connectivity index (χ4v) is 3.83. The second kappa shape index (κ2) is 6.86. The molecule has 0 spiro atoms. The van der Waals surface area contributed by atoms with Crippen molar-refractivity contribution in [1.29, 1.82) is 0 Å². The van der Waals surface area contributed by atoms with Gasteiger partial charge >= 0.3 is 0 Å². The number of sulfonamides is 1. The maximum absolute atomic E-state index is 12.5. The van der Waals surface area contributed by atoms with Crippen molar-refractivity contribution < 1.29 is 17.9 Å². The Hall–Kier alpha value is -1.64. The molecule has 0 bridgehead atoms. The van der Waals surface area contributed by atoms with E-state index in [4.69, 9.17) is 10.5 Å². The molecule has 7 nitrogen and oxygen atoms in total. The molecule has 2 rings (SSSR count). The smallest absolute Gasteiger partial charge is 0.252 e. The first-order valence-electron chi connectivity index (χ1n) is 7.46. The summed E-state index contributed by atoms with van der Waals surface area (Å²) in [5.74, 6) is -0.481. The van der Waals surface area contributed by atoms with Gasteiger partial charge in [-0.1, -0.05) is 6.92 Å². The van der Waals surface area contributed by atoms with Gasteiger partial charge in [-0.2, -0.15) is 0 Å². The Kier molecular flexibility index (Phi) is 5.28. The number of carbonyl (C=O) groups excluding carboxylic acids is 1. The van der Waals surface area contributed by atoms with Gasteiger partial charge in [0.1, 0.15) is 5.75 Å². The Bertz CT molecular complexity index is 682. The fourth-order valence-electron chi connectivity index (χ4n) is 2.61. The number of primary amides is 1. The van der Waals surface area contributed by atoms with Crippen LogP contribution < -0.4 is 20.5 Å². The monoisotopic (exact) mass is 341 g/mol. The largest absolute Gasteiger partial charge is 0.496 e. The van der Waals surface area contributed by atoms with Crippen LogP contribution in [0.1, 0.15) is 30.1 Å². The minimum absolute atomic E-state index is 0.00429. The number of nitrogens with one attached hydrogen (secondary N) is 2. The first-order chi connectivity index (χ1) is 10.8. The summed E-state index contributed by atoms with van der Waals surface area (Å²) in [4.78, 5) is 11.4. The predicted octanol–water partition coefficient (Wildman–Crippen LogP) is 0.462. The second-order valence-electron chi connectivity index (χ2n) is 6.11. The van der Waals surface area contributed by atoms with Gasteiger partial charge in [0.25, 0.3) is 5.91 Å². The number of carbonyl (C=O) groups is 1. The molecule has 1 heterocycles. The Morgan fingerprint density at radius 3 is 2.61 bits per heavy atom. The highest BCUT2D eigenvalue weighted by Crippen LogP contribution is 2.28. The summed E-state index contributed by atoms with van der Waals surface area (Å²) in [6.07, 6.45) is 1.81. The van der Waals surface area contributed by atoms with E-state index in [2.05, 4.69) is 17.0 Å². The highest BCUT2D eigenvalue weighted by atomic mass is 32.2. The van der Waals surface area contributed by atoms with Crippen LogP contribution in [0.2, 0.25) is 0 Å². The highest BCUT2D eigenvalue weighted by molar-refractivity contribution is 7.89. The van der Waals surface area contributed by atoms with Crippen LogP contribution in [0.15, 0.2) is 23.1 Å². The van der Waals surface area contributed by atoms with E-state index in [-0.39, 0.29) is 21.6 Å². The third-order valence-electron chi connectivity index (χ3n) is 4.25. The number of hydrogen-bond acceptors (Lipinski definition) is 5. The van der Waals surface area contributed by atoms with Gasteiger partial charge in [0.15, 0.2) is 0 Å². The zero-order valence-corrected chi connectivity index (χ0v) is 14.2. The Labute approximate surface area is 136 Å². The summed E-state index contributed by atoms with van der Waals surface area (Å²) in [5.41, 5.74) is 5.25. The van der Waals surface area contributed by atoms with Crippen molar-refractivity contribution in [3.8, 4) is 5.75 Å². The molecule has 23 heavy (non-hydrogen) atoms. The highest BCUT2D eigenvalue weighted by Gasteiger charge is 2.29. The van der Waals surface area contributed by atoms with E-state index in [0.717, 1.165) is 25.9 Å². The SMILES string of the molecule is COc1ccc(S(=O)(=O)NCC2(C)CCNCC2)cc1C(N)=O. The molecule has 0 saturated carbocycles. The van der Waals surface area contributed by atoms with Crippen LogP contribution >= 0.6 is 0 Å². The average molecular weight is 341 g/mol. The van der Waals surface area contributed by atoms with Gasteiger partial charge in [-0.15, -0.1) is 0 Å². The lowest BCUT2D eigenvalue weighted by atomic mass is 9.81. The number of methoxy groups -OCH3 is 1. The first-order valence-corrected chi connectivity index (χ1v) is 8.94. The molecule has 0 unspecified atom stereocenters. The Balaban J connectivity index is 2.19. The quantitative estimate of drug-likeness (QED) is 0.696. The number of hydrogen-bond donors (Lipinski definition) is 3. The standard InChI is InChI=1S/C15H23N3O4S/c1-15(5-7-17-8-6-15)10-18-23(20,21)11-3-4-13(22-2)12(9-11)14(16)19/h3-4,9,17-18H,5-8,10H2,1-2H3,(H2,16,19). The number of benzene rings is 1. The minimum atomic E-state index is -3.71. The number of nitrogens with two attached hydrogens (primary N) is 1.